The summed E-state index contributed by atoms with van der Waals surface area (Å²) in [5, 5.41) is 3.24. The monoisotopic (exact) mass is 368 g/mol. The maximum atomic E-state index is 13.3. The van der Waals surface area contributed by atoms with E-state index in [4.69, 9.17) is 9.47 Å². The van der Waals surface area contributed by atoms with Crippen LogP contribution in [0.1, 0.15) is 43.7 Å². The van der Waals surface area contributed by atoms with E-state index in [0.29, 0.717) is 11.5 Å². The summed E-state index contributed by atoms with van der Waals surface area (Å²) in [4.78, 5) is 17.5. The highest BCUT2D eigenvalue weighted by atomic mass is 16.5. The fourth-order valence-electron chi connectivity index (χ4n) is 4.04. The summed E-state index contributed by atoms with van der Waals surface area (Å²) in [6, 6.07) is 9.84. The van der Waals surface area contributed by atoms with Crippen molar-refractivity contribution in [1.82, 2.24) is 10.3 Å². The Morgan fingerprint density at radius 2 is 1.93 bits per heavy atom. The minimum atomic E-state index is -0.497. The molecule has 5 nitrogen and oxygen atoms in total. The van der Waals surface area contributed by atoms with Crippen LogP contribution in [0.15, 0.2) is 42.7 Å². The van der Waals surface area contributed by atoms with Crippen LogP contribution in [0, 0.1) is 0 Å². The van der Waals surface area contributed by atoms with Crippen molar-refractivity contribution in [2.75, 3.05) is 14.2 Å². The van der Waals surface area contributed by atoms with Gasteiger partial charge < -0.3 is 14.8 Å². The standard InChI is InChI=1S/C22H28N2O3/c1-16(13-17-7-6-12-23-15-17)24-21(25)22(10-4-5-11-22)18-8-9-19(26-2)20(14-18)27-3/h6-9,12,14-16H,4-5,10-11,13H2,1-3H3,(H,24,25). The molecule has 1 saturated carbocycles. The fourth-order valence-corrected chi connectivity index (χ4v) is 4.04. The lowest BCUT2D eigenvalue weighted by molar-refractivity contribution is -0.127. The van der Waals surface area contributed by atoms with E-state index in [1.165, 1.54) is 0 Å². The van der Waals surface area contributed by atoms with Gasteiger partial charge in [-0.1, -0.05) is 25.0 Å². The van der Waals surface area contributed by atoms with E-state index in [-0.39, 0.29) is 11.9 Å². The molecular weight excluding hydrogens is 340 g/mol. The second-order valence-corrected chi connectivity index (χ2v) is 7.30. The number of nitrogens with one attached hydrogen (secondary N) is 1. The Morgan fingerprint density at radius 1 is 1.19 bits per heavy atom. The SMILES string of the molecule is COc1ccc(C2(C(=O)NC(C)Cc3cccnc3)CCCC2)cc1OC. The van der Waals surface area contributed by atoms with Crippen LogP contribution in [0.4, 0.5) is 0 Å². The molecule has 27 heavy (non-hydrogen) atoms. The number of hydrogen-bond donors (Lipinski definition) is 1. The Bertz CT molecular complexity index is 770. The number of carbonyl (C=O) groups is 1. The lowest BCUT2D eigenvalue weighted by Crippen LogP contribution is -2.46. The molecule has 1 heterocycles. The van der Waals surface area contributed by atoms with Gasteiger partial charge in [-0.3, -0.25) is 9.78 Å². The molecule has 1 N–H and O–H groups in total. The van der Waals surface area contributed by atoms with E-state index in [9.17, 15) is 4.79 Å². The minimum Gasteiger partial charge on any atom is -0.493 e. The summed E-state index contributed by atoms with van der Waals surface area (Å²) < 4.78 is 10.8. The van der Waals surface area contributed by atoms with Gasteiger partial charge in [0.15, 0.2) is 11.5 Å². The molecule has 1 unspecified atom stereocenters. The third-order valence-corrected chi connectivity index (χ3v) is 5.47. The lowest BCUT2D eigenvalue weighted by atomic mass is 9.77. The third-order valence-electron chi connectivity index (χ3n) is 5.47. The van der Waals surface area contributed by atoms with Crippen molar-refractivity contribution < 1.29 is 14.3 Å². The van der Waals surface area contributed by atoms with Gasteiger partial charge in [-0.2, -0.15) is 0 Å². The molecule has 0 aliphatic heterocycles. The van der Waals surface area contributed by atoms with Gasteiger partial charge in [-0.15, -0.1) is 0 Å². The van der Waals surface area contributed by atoms with Crippen LogP contribution in [0.2, 0.25) is 0 Å². The zero-order chi connectivity index (χ0) is 19.3. The van der Waals surface area contributed by atoms with Crippen molar-refractivity contribution >= 4 is 5.91 Å². The van der Waals surface area contributed by atoms with Gasteiger partial charge >= 0.3 is 0 Å². The molecule has 1 aromatic heterocycles. The summed E-state index contributed by atoms with van der Waals surface area (Å²) in [6.07, 6.45) is 8.20. The van der Waals surface area contributed by atoms with Crippen molar-refractivity contribution in [3.05, 3.63) is 53.9 Å². The van der Waals surface area contributed by atoms with Crippen LogP contribution in [-0.2, 0) is 16.6 Å². The Hall–Kier alpha value is -2.56. The Morgan fingerprint density at radius 3 is 2.56 bits per heavy atom. The summed E-state index contributed by atoms with van der Waals surface area (Å²) in [6.45, 7) is 2.04. The number of aromatic nitrogens is 1. The van der Waals surface area contributed by atoms with E-state index < -0.39 is 5.41 Å². The molecule has 1 aliphatic carbocycles. The zero-order valence-corrected chi connectivity index (χ0v) is 16.3. The Balaban J connectivity index is 1.80. The van der Waals surface area contributed by atoms with Crippen LogP contribution in [0.3, 0.4) is 0 Å². The number of hydrogen-bond acceptors (Lipinski definition) is 4. The average molecular weight is 368 g/mol. The quantitative estimate of drug-likeness (QED) is 0.810. The van der Waals surface area contributed by atoms with Crippen molar-refractivity contribution in [3.63, 3.8) is 0 Å². The van der Waals surface area contributed by atoms with Crippen LogP contribution < -0.4 is 14.8 Å². The smallest absolute Gasteiger partial charge is 0.230 e. The molecule has 0 saturated heterocycles. The maximum absolute atomic E-state index is 13.3. The van der Waals surface area contributed by atoms with E-state index in [1.54, 1.807) is 20.4 Å². The van der Waals surface area contributed by atoms with Gasteiger partial charge in [0.1, 0.15) is 0 Å². The highest BCUT2D eigenvalue weighted by Crippen LogP contribution is 2.44. The molecule has 144 valence electrons. The molecule has 1 aromatic carbocycles. The molecule has 0 radical (unpaired) electrons. The predicted molar refractivity (Wildman–Crippen MR) is 105 cm³/mol. The molecule has 1 fully saturated rings. The normalized spacial score (nSPS) is 16.6. The van der Waals surface area contributed by atoms with E-state index in [2.05, 4.69) is 10.3 Å². The summed E-state index contributed by atoms with van der Waals surface area (Å²) in [7, 11) is 3.24. The van der Waals surface area contributed by atoms with Crippen LogP contribution in [0.25, 0.3) is 0 Å². The Labute approximate surface area is 161 Å². The van der Waals surface area contributed by atoms with E-state index in [0.717, 1.165) is 43.2 Å². The first-order valence-corrected chi connectivity index (χ1v) is 9.51. The molecule has 1 atom stereocenters. The molecule has 0 spiro atoms. The van der Waals surface area contributed by atoms with E-state index >= 15 is 0 Å². The van der Waals surface area contributed by atoms with E-state index in [1.807, 2.05) is 43.5 Å². The minimum absolute atomic E-state index is 0.0410. The molecule has 1 aliphatic rings. The van der Waals surface area contributed by atoms with Gasteiger partial charge in [-0.25, -0.2) is 0 Å². The second kappa shape index (κ2) is 8.42. The number of rotatable bonds is 7. The summed E-state index contributed by atoms with van der Waals surface area (Å²) >= 11 is 0. The zero-order valence-electron chi connectivity index (χ0n) is 16.3. The largest absolute Gasteiger partial charge is 0.493 e. The van der Waals surface area contributed by atoms with Crippen molar-refractivity contribution in [2.24, 2.45) is 0 Å². The van der Waals surface area contributed by atoms with Gasteiger partial charge in [0, 0.05) is 18.4 Å². The fraction of sp³-hybridized carbons (Fsp3) is 0.455. The molecule has 5 heteroatoms. The highest BCUT2D eigenvalue weighted by molar-refractivity contribution is 5.89. The molecular formula is C22H28N2O3. The Kier molecular flexibility index (Phi) is 5.99. The van der Waals surface area contributed by atoms with Crippen molar-refractivity contribution in [3.8, 4) is 11.5 Å². The van der Waals surface area contributed by atoms with Crippen molar-refractivity contribution in [1.29, 1.82) is 0 Å². The molecule has 1 amide bonds. The average Bonchev–Trinajstić information content (AvgIpc) is 3.19. The van der Waals surface area contributed by atoms with Gasteiger partial charge in [0.2, 0.25) is 5.91 Å². The first-order chi connectivity index (χ1) is 13.1. The van der Waals surface area contributed by atoms with Gasteiger partial charge in [-0.05, 0) is 55.5 Å². The molecule has 2 aromatic rings. The number of nitrogens with zero attached hydrogens (tertiary/aromatic N) is 1. The number of pyridine rings is 1. The van der Waals surface area contributed by atoms with Crippen molar-refractivity contribution in [2.45, 2.75) is 50.5 Å². The number of methoxy groups -OCH3 is 2. The lowest BCUT2D eigenvalue weighted by Gasteiger charge is -2.30. The molecule has 3 rings (SSSR count). The summed E-state index contributed by atoms with van der Waals surface area (Å²) in [5.41, 5.74) is 1.63. The van der Waals surface area contributed by atoms with Gasteiger partial charge in [0.25, 0.3) is 0 Å². The maximum Gasteiger partial charge on any atom is 0.230 e. The number of benzene rings is 1. The number of ether oxygens (including phenoxy) is 2. The first kappa shape index (κ1) is 19.2. The third kappa shape index (κ3) is 4.07. The topological polar surface area (TPSA) is 60.5 Å². The van der Waals surface area contributed by atoms with Crippen LogP contribution >= 0.6 is 0 Å². The predicted octanol–water partition coefficient (Wildman–Crippen LogP) is 3.66. The number of carbonyl (C=O) groups excluding carboxylic acids is 1. The van der Waals surface area contributed by atoms with Gasteiger partial charge in [0.05, 0.1) is 19.6 Å². The highest BCUT2D eigenvalue weighted by Gasteiger charge is 2.43. The summed E-state index contributed by atoms with van der Waals surface area (Å²) in [5.74, 6) is 1.45. The van der Waals surface area contributed by atoms with Crippen LogP contribution in [0.5, 0.6) is 11.5 Å². The number of amides is 1. The van der Waals surface area contributed by atoms with Crippen LogP contribution in [-0.4, -0.2) is 31.2 Å². The first-order valence-electron chi connectivity index (χ1n) is 9.51. The molecule has 0 bridgehead atoms. The second-order valence-electron chi connectivity index (χ2n) is 7.30.